The molecular weight excluding hydrogens is 200 g/mol. The van der Waals surface area contributed by atoms with Crippen LogP contribution in [0.1, 0.15) is 36.8 Å². The van der Waals surface area contributed by atoms with E-state index in [1.54, 1.807) is 7.11 Å². The van der Waals surface area contributed by atoms with E-state index in [0.29, 0.717) is 6.04 Å². The first kappa shape index (κ1) is 13.3. The Morgan fingerprint density at radius 1 is 1.38 bits per heavy atom. The molecule has 92 valence electrons. The number of methoxy groups -OCH3 is 1. The standard InChI is InChI=1S/C13H24N2O/c1-10(2)15-11(3)8-13(12(15)4)9-14-6-7-16-5/h8,10,14H,6-7,9H2,1-5H3. The second-order valence-corrected chi connectivity index (χ2v) is 4.53. The van der Waals surface area contributed by atoms with Gasteiger partial charge in [0.1, 0.15) is 0 Å². The van der Waals surface area contributed by atoms with Gasteiger partial charge in [-0.3, -0.25) is 0 Å². The average Bonchev–Trinajstić information content (AvgIpc) is 2.49. The summed E-state index contributed by atoms with van der Waals surface area (Å²) >= 11 is 0. The number of nitrogens with one attached hydrogen (secondary N) is 1. The van der Waals surface area contributed by atoms with Gasteiger partial charge in [-0.2, -0.15) is 0 Å². The zero-order valence-corrected chi connectivity index (χ0v) is 11.1. The van der Waals surface area contributed by atoms with Crippen LogP contribution in [0.4, 0.5) is 0 Å². The summed E-state index contributed by atoms with van der Waals surface area (Å²) in [5, 5.41) is 3.38. The minimum Gasteiger partial charge on any atom is -0.383 e. The van der Waals surface area contributed by atoms with Crippen LogP contribution in [-0.4, -0.2) is 24.8 Å². The monoisotopic (exact) mass is 224 g/mol. The maximum absolute atomic E-state index is 5.01. The quantitative estimate of drug-likeness (QED) is 0.751. The van der Waals surface area contributed by atoms with Crippen molar-refractivity contribution in [1.29, 1.82) is 0 Å². The molecule has 3 nitrogen and oxygen atoms in total. The Labute approximate surface area is 98.8 Å². The molecule has 1 aromatic heterocycles. The second-order valence-electron chi connectivity index (χ2n) is 4.53. The predicted octanol–water partition coefficient (Wildman–Crippen LogP) is 2.42. The Hall–Kier alpha value is -0.800. The van der Waals surface area contributed by atoms with Gasteiger partial charge in [-0.05, 0) is 39.3 Å². The smallest absolute Gasteiger partial charge is 0.0587 e. The Balaban J connectivity index is 2.64. The van der Waals surface area contributed by atoms with E-state index < -0.39 is 0 Å². The van der Waals surface area contributed by atoms with Gasteiger partial charge in [-0.1, -0.05) is 0 Å². The van der Waals surface area contributed by atoms with Gasteiger partial charge in [0.2, 0.25) is 0 Å². The molecule has 1 rings (SSSR count). The summed E-state index contributed by atoms with van der Waals surface area (Å²) in [6.45, 7) is 11.4. The van der Waals surface area contributed by atoms with Crippen LogP contribution in [-0.2, 0) is 11.3 Å². The van der Waals surface area contributed by atoms with Crippen molar-refractivity contribution in [1.82, 2.24) is 9.88 Å². The highest BCUT2D eigenvalue weighted by Gasteiger charge is 2.10. The first-order chi connectivity index (χ1) is 7.57. The number of hydrogen-bond acceptors (Lipinski definition) is 2. The van der Waals surface area contributed by atoms with Crippen molar-refractivity contribution in [3.8, 4) is 0 Å². The van der Waals surface area contributed by atoms with Crippen molar-refractivity contribution >= 4 is 0 Å². The molecule has 0 saturated carbocycles. The van der Waals surface area contributed by atoms with Gasteiger partial charge in [-0.25, -0.2) is 0 Å². The zero-order valence-electron chi connectivity index (χ0n) is 11.1. The molecule has 0 saturated heterocycles. The highest BCUT2D eigenvalue weighted by molar-refractivity contribution is 5.27. The number of hydrogen-bond donors (Lipinski definition) is 1. The molecule has 0 aliphatic carbocycles. The molecular formula is C13H24N2O. The second kappa shape index (κ2) is 6.06. The molecule has 0 aromatic carbocycles. The lowest BCUT2D eigenvalue weighted by molar-refractivity contribution is 0.199. The van der Waals surface area contributed by atoms with Crippen LogP contribution < -0.4 is 5.32 Å². The fourth-order valence-corrected chi connectivity index (χ4v) is 2.22. The molecule has 0 radical (unpaired) electrons. The lowest BCUT2D eigenvalue weighted by atomic mass is 10.2. The van der Waals surface area contributed by atoms with E-state index in [4.69, 9.17) is 4.74 Å². The Morgan fingerprint density at radius 2 is 2.06 bits per heavy atom. The predicted molar refractivity (Wildman–Crippen MR) is 67.9 cm³/mol. The fourth-order valence-electron chi connectivity index (χ4n) is 2.22. The summed E-state index contributed by atoms with van der Waals surface area (Å²) < 4.78 is 7.39. The van der Waals surface area contributed by atoms with Crippen molar-refractivity contribution in [2.75, 3.05) is 20.3 Å². The highest BCUT2D eigenvalue weighted by atomic mass is 16.5. The zero-order chi connectivity index (χ0) is 12.1. The molecule has 0 spiro atoms. The van der Waals surface area contributed by atoms with Crippen molar-refractivity contribution < 1.29 is 4.74 Å². The van der Waals surface area contributed by atoms with E-state index in [2.05, 4.69) is 43.6 Å². The summed E-state index contributed by atoms with van der Waals surface area (Å²) in [4.78, 5) is 0. The minimum absolute atomic E-state index is 0.535. The van der Waals surface area contributed by atoms with E-state index in [9.17, 15) is 0 Å². The lowest BCUT2D eigenvalue weighted by Gasteiger charge is -2.14. The number of nitrogens with zero attached hydrogens (tertiary/aromatic N) is 1. The van der Waals surface area contributed by atoms with E-state index in [1.807, 2.05) is 0 Å². The molecule has 0 unspecified atom stereocenters. The van der Waals surface area contributed by atoms with Gasteiger partial charge in [0, 0.05) is 37.6 Å². The van der Waals surface area contributed by atoms with Gasteiger partial charge < -0.3 is 14.6 Å². The summed E-state index contributed by atoms with van der Waals surface area (Å²) in [6, 6.07) is 2.81. The molecule has 1 N–H and O–H groups in total. The largest absolute Gasteiger partial charge is 0.383 e. The van der Waals surface area contributed by atoms with Crippen molar-refractivity contribution in [2.45, 2.75) is 40.3 Å². The molecule has 1 heterocycles. The molecule has 0 aliphatic rings. The number of aryl methyl sites for hydroxylation is 1. The number of aromatic nitrogens is 1. The Bertz CT molecular complexity index is 329. The third kappa shape index (κ3) is 3.09. The van der Waals surface area contributed by atoms with Gasteiger partial charge in [0.15, 0.2) is 0 Å². The maximum Gasteiger partial charge on any atom is 0.0587 e. The van der Waals surface area contributed by atoms with Crippen LogP contribution in [0.3, 0.4) is 0 Å². The molecule has 0 atom stereocenters. The van der Waals surface area contributed by atoms with E-state index in [-0.39, 0.29) is 0 Å². The van der Waals surface area contributed by atoms with Crippen molar-refractivity contribution in [3.05, 3.63) is 23.0 Å². The Morgan fingerprint density at radius 3 is 2.56 bits per heavy atom. The van der Waals surface area contributed by atoms with Crippen LogP contribution in [0.2, 0.25) is 0 Å². The van der Waals surface area contributed by atoms with E-state index >= 15 is 0 Å². The summed E-state index contributed by atoms with van der Waals surface area (Å²) in [6.07, 6.45) is 0. The van der Waals surface area contributed by atoms with Crippen molar-refractivity contribution in [3.63, 3.8) is 0 Å². The first-order valence-electron chi connectivity index (χ1n) is 5.95. The third-order valence-corrected chi connectivity index (χ3v) is 2.90. The molecule has 0 bridgehead atoms. The molecule has 0 fully saturated rings. The summed E-state index contributed by atoms with van der Waals surface area (Å²) in [7, 11) is 1.73. The van der Waals surface area contributed by atoms with Crippen molar-refractivity contribution in [2.24, 2.45) is 0 Å². The summed E-state index contributed by atoms with van der Waals surface area (Å²) in [5.74, 6) is 0. The molecule has 0 aliphatic heterocycles. The highest BCUT2D eigenvalue weighted by Crippen LogP contribution is 2.19. The lowest BCUT2D eigenvalue weighted by Crippen LogP contribution is -2.19. The first-order valence-corrected chi connectivity index (χ1v) is 5.95. The van der Waals surface area contributed by atoms with Gasteiger partial charge in [-0.15, -0.1) is 0 Å². The van der Waals surface area contributed by atoms with Gasteiger partial charge in [0.05, 0.1) is 6.61 Å². The molecule has 0 amide bonds. The summed E-state index contributed by atoms with van der Waals surface area (Å²) in [5.41, 5.74) is 4.11. The van der Waals surface area contributed by atoms with Crippen LogP contribution in [0.25, 0.3) is 0 Å². The third-order valence-electron chi connectivity index (χ3n) is 2.90. The molecule has 1 aromatic rings. The topological polar surface area (TPSA) is 26.2 Å². The van der Waals surface area contributed by atoms with Crippen LogP contribution in [0, 0.1) is 13.8 Å². The maximum atomic E-state index is 5.01. The Kier molecular flexibility index (Phi) is 5.03. The number of ether oxygens (including phenoxy) is 1. The van der Waals surface area contributed by atoms with Crippen LogP contribution in [0.5, 0.6) is 0 Å². The fraction of sp³-hybridized carbons (Fsp3) is 0.692. The van der Waals surface area contributed by atoms with Gasteiger partial charge >= 0.3 is 0 Å². The minimum atomic E-state index is 0.535. The normalized spacial score (nSPS) is 11.4. The SMILES string of the molecule is COCCNCc1cc(C)n(C(C)C)c1C. The van der Waals surface area contributed by atoms with Gasteiger partial charge in [0.25, 0.3) is 0 Å². The van der Waals surface area contributed by atoms with Crippen LogP contribution >= 0.6 is 0 Å². The van der Waals surface area contributed by atoms with E-state index in [1.165, 1.54) is 17.0 Å². The van der Waals surface area contributed by atoms with Crippen LogP contribution in [0.15, 0.2) is 6.07 Å². The average molecular weight is 224 g/mol. The number of rotatable bonds is 6. The van der Waals surface area contributed by atoms with E-state index in [0.717, 1.165) is 19.7 Å². The molecule has 16 heavy (non-hydrogen) atoms. The molecule has 3 heteroatoms.